The maximum atomic E-state index is 12.6. The van der Waals surface area contributed by atoms with Crippen molar-refractivity contribution in [2.45, 2.75) is 6.92 Å². The summed E-state index contributed by atoms with van der Waals surface area (Å²) in [6.45, 7) is 2.58. The molecule has 1 saturated heterocycles. The fourth-order valence-electron chi connectivity index (χ4n) is 2.67. The highest BCUT2D eigenvalue weighted by atomic mass is 32.2. The van der Waals surface area contributed by atoms with Crippen molar-refractivity contribution >= 4 is 34.9 Å². The molecule has 2 aromatic rings. The second kappa shape index (κ2) is 9.33. The first-order valence-corrected chi connectivity index (χ1v) is 9.73. The van der Waals surface area contributed by atoms with Gasteiger partial charge in [-0.1, -0.05) is 6.07 Å². The van der Waals surface area contributed by atoms with Gasteiger partial charge in [-0.15, -0.1) is 0 Å². The molecule has 1 fully saturated rings. The molecule has 2 heterocycles. The van der Waals surface area contributed by atoms with Gasteiger partial charge in [0.25, 0.3) is 17.1 Å². The van der Waals surface area contributed by atoms with E-state index in [1.54, 1.807) is 30.3 Å². The minimum atomic E-state index is -0.404. The number of nitrogens with one attached hydrogen (secondary N) is 1. The van der Waals surface area contributed by atoms with Crippen molar-refractivity contribution in [3.63, 3.8) is 0 Å². The lowest BCUT2D eigenvalue weighted by Gasteiger charge is -2.12. The van der Waals surface area contributed by atoms with Crippen LogP contribution in [0.25, 0.3) is 6.08 Å². The average Bonchev–Trinajstić information content (AvgIpc) is 3.34. The fourth-order valence-corrected chi connectivity index (χ4v) is 3.53. The number of nitrogens with zero attached hydrogens (tertiary/aromatic N) is 1. The number of benzene rings is 1. The molecule has 1 aliphatic rings. The summed E-state index contributed by atoms with van der Waals surface area (Å²) in [7, 11) is 1.53. The van der Waals surface area contributed by atoms with Gasteiger partial charge in [0.05, 0.1) is 24.9 Å². The Hall–Kier alpha value is -3.20. The first kappa shape index (κ1) is 20.5. The number of methoxy groups -OCH3 is 1. The molecule has 9 heteroatoms. The van der Waals surface area contributed by atoms with E-state index in [9.17, 15) is 14.4 Å². The van der Waals surface area contributed by atoms with Crippen molar-refractivity contribution in [2.75, 3.05) is 26.8 Å². The zero-order valence-corrected chi connectivity index (χ0v) is 16.8. The predicted molar refractivity (Wildman–Crippen MR) is 108 cm³/mol. The van der Waals surface area contributed by atoms with E-state index in [1.165, 1.54) is 19.4 Å². The van der Waals surface area contributed by atoms with E-state index in [2.05, 4.69) is 5.32 Å². The molecule has 1 aromatic carbocycles. The summed E-state index contributed by atoms with van der Waals surface area (Å²) < 4.78 is 15.8. The van der Waals surface area contributed by atoms with E-state index < -0.39 is 11.8 Å². The summed E-state index contributed by atoms with van der Waals surface area (Å²) in [5.74, 6) is 0.510. The molecule has 0 unspecified atom stereocenters. The summed E-state index contributed by atoms with van der Waals surface area (Å²) in [5, 5.41) is 2.23. The first-order valence-electron chi connectivity index (χ1n) is 8.91. The van der Waals surface area contributed by atoms with E-state index in [1.807, 2.05) is 6.92 Å². The van der Waals surface area contributed by atoms with Crippen LogP contribution < -0.4 is 14.8 Å². The highest BCUT2D eigenvalue weighted by Crippen LogP contribution is 2.34. The molecule has 0 spiro atoms. The molecule has 0 atom stereocenters. The Bertz CT molecular complexity index is 938. The van der Waals surface area contributed by atoms with Crippen molar-refractivity contribution < 1.29 is 28.3 Å². The van der Waals surface area contributed by atoms with E-state index in [0.717, 1.165) is 16.7 Å². The van der Waals surface area contributed by atoms with Crippen LogP contribution in [0, 0.1) is 0 Å². The van der Waals surface area contributed by atoms with Crippen molar-refractivity contribution in [1.29, 1.82) is 0 Å². The van der Waals surface area contributed by atoms with E-state index in [0.29, 0.717) is 28.6 Å². The second-order valence-electron chi connectivity index (χ2n) is 5.91. The molecule has 0 bridgehead atoms. The number of hydrogen-bond acceptors (Lipinski definition) is 7. The smallest absolute Gasteiger partial charge is 0.293 e. The number of rotatable bonds is 8. The lowest BCUT2D eigenvalue weighted by molar-refractivity contribution is -0.122. The van der Waals surface area contributed by atoms with E-state index >= 15 is 0 Å². The maximum absolute atomic E-state index is 12.6. The molecule has 1 aromatic heterocycles. The minimum Gasteiger partial charge on any atom is -0.493 e. The Morgan fingerprint density at radius 3 is 2.79 bits per heavy atom. The normalized spacial score (nSPS) is 15.1. The fraction of sp³-hybridized carbons (Fsp3) is 0.250. The summed E-state index contributed by atoms with van der Waals surface area (Å²) in [6, 6.07) is 8.41. The number of ether oxygens (including phenoxy) is 2. The van der Waals surface area contributed by atoms with Gasteiger partial charge in [-0.3, -0.25) is 19.3 Å². The molecule has 8 nitrogen and oxygen atoms in total. The van der Waals surface area contributed by atoms with Gasteiger partial charge in [-0.05, 0) is 54.6 Å². The lowest BCUT2D eigenvalue weighted by atomic mass is 10.2. The summed E-state index contributed by atoms with van der Waals surface area (Å²) in [6.07, 6.45) is 3.02. The average molecular weight is 416 g/mol. The molecule has 0 saturated carbocycles. The summed E-state index contributed by atoms with van der Waals surface area (Å²) >= 11 is 0.856. The third-order valence-electron chi connectivity index (χ3n) is 4.02. The van der Waals surface area contributed by atoms with Crippen LogP contribution in [0.15, 0.2) is 45.9 Å². The molecule has 1 aliphatic heterocycles. The molecule has 3 rings (SSSR count). The van der Waals surface area contributed by atoms with Crippen LogP contribution in [0.4, 0.5) is 4.79 Å². The molecular weight excluding hydrogens is 396 g/mol. The monoisotopic (exact) mass is 416 g/mol. The number of imide groups is 1. The lowest BCUT2D eigenvalue weighted by Crippen LogP contribution is -2.37. The van der Waals surface area contributed by atoms with Gasteiger partial charge in [-0.2, -0.15) is 0 Å². The Morgan fingerprint density at radius 2 is 2.10 bits per heavy atom. The van der Waals surface area contributed by atoms with Gasteiger partial charge in [0.15, 0.2) is 17.3 Å². The van der Waals surface area contributed by atoms with Gasteiger partial charge in [0, 0.05) is 13.1 Å². The van der Waals surface area contributed by atoms with Crippen LogP contribution in [0.3, 0.4) is 0 Å². The molecular formula is C20H20N2O6S. The highest BCUT2D eigenvalue weighted by molar-refractivity contribution is 8.18. The van der Waals surface area contributed by atoms with Crippen LogP contribution >= 0.6 is 11.8 Å². The minimum absolute atomic E-state index is 0.0705. The maximum Gasteiger partial charge on any atom is 0.293 e. The van der Waals surface area contributed by atoms with Gasteiger partial charge >= 0.3 is 0 Å². The topological polar surface area (TPSA) is 98.1 Å². The SMILES string of the molecule is CCOc1ccc(C=C2SC(=O)N(CCNC(=O)c3ccco3)C2=O)cc1OC. The Morgan fingerprint density at radius 1 is 1.28 bits per heavy atom. The molecule has 0 aliphatic carbocycles. The van der Waals surface area contributed by atoms with Crippen molar-refractivity contribution in [2.24, 2.45) is 0 Å². The summed E-state index contributed by atoms with van der Waals surface area (Å²) in [4.78, 5) is 38.0. The van der Waals surface area contributed by atoms with Crippen LogP contribution in [-0.4, -0.2) is 48.8 Å². The largest absolute Gasteiger partial charge is 0.493 e. The molecule has 0 radical (unpaired) electrons. The quantitative estimate of drug-likeness (QED) is 0.660. The molecule has 152 valence electrons. The second-order valence-corrected chi connectivity index (χ2v) is 6.90. The Labute approximate surface area is 171 Å². The zero-order chi connectivity index (χ0) is 20.8. The van der Waals surface area contributed by atoms with Crippen LogP contribution in [0.2, 0.25) is 0 Å². The standard InChI is InChI=1S/C20H20N2O6S/c1-3-27-14-7-6-13(11-16(14)26-2)12-17-19(24)22(20(25)29-17)9-8-21-18(23)15-5-4-10-28-15/h4-7,10-12H,3,8-9H2,1-2H3,(H,21,23). The van der Waals surface area contributed by atoms with Crippen molar-refractivity contribution in [1.82, 2.24) is 10.2 Å². The number of carbonyl (C=O) groups excluding carboxylic acids is 3. The highest BCUT2D eigenvalue weighted by Gasteiger charge is 2.34. The van der Waals surface area contributed by atoms with Gasteiger partial charge in [0.2, 0.25) is 0 Å². The number of carbonyl (C=O) groups is 3. The Balaban J connectivity index is 1.64. The first-order chi connectivity index (χ1) is 14.0. The number of furan rings is 1. The molecule has 1 N–H and O–H groups in total. The van der Waals surface area contributed by atoms with Gasteiger partial charge in [-0.25, -0.2) is 0 Å². The van der Waals surface area contributed by atoms with Crippen LogP contribution in [0.5, 0.6) is 11.5 Å². The predicted octanol–water partition coefficient (Wildman–Crippen LogP) is 3.15. The number of thioether (sulfide) groups is 1. The summed E-state index contributed by atoms with van der Waals surface area (Å²) in [5.41, 5.74) is 0.710. The van der Waals surface area contributed by atoms with Crippen LogP contribution in [0.1, 0.15) is 23.0 Å². The van der Waals surface area contributed by atoms with E-state index in [4.69, 9.17) is 13.9 Å². The number of amides is 3. The zero-order valence-electron chi connectivity index (χ0n) is 16.0. The number of hydrogen-bond donors (Lipinski definition) is 1. The third kappa shape index (κ3) is 4.80. The van der Waals surface area contributed by atoms with Gasteiger partial charge in [0.1, 0.15) is 0 Å². The van der Waals surface area contributed by atoms with Gasteiger partial charge < -0.3 is 19.2 Å². The van der Waals surface area contributed by atoms with Crippen LogP contribution in [-0.2, 0) is 4.79 Å². The van der Waals surface area contributed by atoms with Crippen molar-refractivity contribution in [3.05, 3.63) is 52.8 Å². The van der Waals surface area contributed by atoms with Crippen molar-refractivity contribution in [3.8, 4) is 11.5 Å². The third-order valence-corrected chi connectivity index (χ3v) is 4.93. The van der Waals surface area contributed by atoms with E-state index in [-0.39, 0.29) is 24.1 Å². The molecule has 29 heavy (non-hydrogen) atoms. The Kier molecular flexibility index (Phi) is 6.61. The molecule has 3 amide bonds.